The molecule has 0 aliphatic carbocycles. The van der Waals surface area contributed by atoms with E-state index < -0.39 is 0 Å². The summed E-state index contributed by atoms with van der Waals surface area (Å²) in [6, 6.07) is 13.6. The van der Waals surface area contributed by atoms with Crippen LogP contribution in [0.5, 0.6) is 0 Å². The van der Waals surface area contributed by atoms with E-state index in [9.17, 15) is 4.79 Å². The molecule has 3 heterocycles. The van der Waals surface area contributed by atoms with Gasteiger partial charge in [0.2, 0.25) is 6.41 Å². The minimum Gasteiger partial charge on any atom is -0.355 e. The summed E-state index contributed by atoms with van der Waals surface area (Å²) in [5.74, 6) is 0. The lowest BCUT2D eigenvalue weighted by Gasteiger charge is -2.13. The predicted molar refractivity (Wildman–Crippen MR) is 103 cm³/mol. The summed E-state index contributed by atoms with van der Waals surface area (Å²) in [7, 11) is 0. The molecule has 6 nitrogen and oxygen atoms in total. The number of anilines is 3. The van der Waals surface area contributed by atoms with Crippen molar-refractivity contribution in [2.75, 3.05) is 10.6 Å². The highest BCUT2D eigenvalue weighted by Gasteiger charge is 2.10. The molecular weight excluding hydrogens is 326 g/mol. The highest BCUT2D eigenvalue weighted by atomic mass is 16.1. The van der Waals surface area contributed by atoms with Gasteiger partial charge >= 0.3 is 0 Å². The van der Waals surface area contributed by atoms with Crippen LogP contribution in [0.2, 0.25) is 0 Å². The van der Waals surface area contributed by atoms with Gasteiger partial charge in [-0.2, -0.15) is 0 Å². The Morgan fingerprint density at radius 2 is 1.88 bits per heavy atom. The third-order valence-corrected chi connectivity index (χ3v) is 4.24. The summed E-state index contributed by atoms with van der Waals surface area (Å²) in [4.78, 5) is 22.7. The van der Waals surface area contributed by atoms with Gasteiger partial charge in [0.15, 0.2) is 0 Å². The zero-order chi connectivity index (χ0) is 17.9. The Kier molecular flexibility index (Phi) is 4.07. The first kappa shape index (κ1) is 15.8. The van der Waals surface area contributed by atoms with Crippen molar-refractivity contribution in [3.63, 3.8) is 0 Å². The number of aryl methyl sites for hydroxylation is 1. The number of aromatic amines is 1. The summed E-state index contributed by atoms with van der Waals surface area (Å²) < 4.78 is 0. The van der Waals surface area contributed by atoms with Crippen molar-refractivity contribution in [2.24, 2.45) is 0 Å². The van der Waals surface area contributed by atoms with E-state index in [1.807, 2.05) is 55.6 Å². The number of nitrogens with zero attached hydrogens (tertiary/aromatic N) is 2. The first-order valence-corrected chi connectivity index (χ1v) is 8.21. The minimum absolute atomic E-state index is 0.673. The van der Waals surface area contributed by atoms with Gasteiger partial charge in [-0.25, -0.2) is 4.98 Å². The molecule has 1 amide bonds. The van der Waals surface area contributed by atoms with Gasteiger partial charge in [0.25, 0.3) is 0 Å². The molecule has 0 bridgehead atoms. The zero-order valence-corrected chi connectivity index (χ0v) is 14.2. The molecule has 0 spiro atoms. The topological polar surface area (TPSA) is 82.7 Å². The number of H-pyrrole nitrogens is 1. The van der Waals surface area contributed by atoms with Crippen molar-refractivity contribution in [1.29, 1.82) is 0 Å². The molecule has 0 atom stereocenters. The maximum atomic E-state index is 10.7. The summed E-state index contributed by atoms with van der Waals surface area (Å²) in [6.45, 7) is 2.02. The molecule has 1 aromatic carbocycles. The van der Waals surface area contributed by atoms with Crippen molar-refractivity contribution in [2.45, 2.75) is 6.92 Å². The van der Waals surface area contributed by atoms with E-state index >= 15 is 0 Å². The van der Waals surface area contributed by atoms with Gasteiger partial charge in [-0.3, -0.25) is 9.78 Å². The molecule has 0 aliphatic heterocycles. The SMILES string of the molecule is Cc1ccc(NC=O)cc1Nc1cc(-c2ccncc2)nc2[nH]ccc12. The van der Waals surface area contributed by atoms with Crippen molar-refractivity contribution in [1.82, 2.24) is 15.0 Å². The standard InChI is InChI=1S/C20H17N5O/c1-13-2-3-15(23-12-26)10-17(13)24-19-11-18(14-4-7-21-8-5-14)25-20-16(19)6-9-22-20/h2-12H,1H3,(H,23,26)(H2,22,24,25). The van der Waals surface area contributed by atoms with Gasteiger partial charge in [-0.15, -0.1) is 0 Å². The number of benzene rings is 1. The second kappa shape index (κ2) is 6.68. The fourth-order valence-corrected chi connectivity index (χ4v) is 2.87. The van der Waals surface area contributed by atoms with E-state index in [0.717, 1.165) is 44.9 Å². The lowest BCUT2D eigenvalue weighted by Crippen LogP contribution is -1.99. The number of fused-ring (bicyclic) bond motifs is 1. The first-order chi connectivity index (χ1) is 12.7. The Labute approximate surface area is 150 Å². The highest BCUT2D eigenvalue weighted by molar-refractivity contribution is 5.94. The molecule has 4 aromatic rings. The third-order valence-electron chi connectivity index (χ3n) is 4.24. The molecule has 0 saturated heterocycles. The van der Waals surface area contributed by atoms with Crippen molar-refractivity contribution < 1.29 is 4.79 Å². The lowest BCUT2D eigenvalue weighted by atomic mass is 10.1. The van der Waals surface area contributed by atoms with Gasteiger partial charge in [0, 0.05) is 40.9 Å². The average Bonchev–Trinajstić information content (AvgIpc) is 3.14. The van der Waals surface area contributed by atoms with E-state index in [4.69, 9.17) is 4.98 Å². The Hall–Kier alpha value is -3.67. The first-order valence-electron chi connectivity index (χ1n) is 8.21. The van der Waals surface area contributed by atoms with Crippen molar-refractivity contribution in [3.8, 4) is 11.3 Å². The number of carbonyl (C=O) groups is 1. The quantitative estimate of drug-likeness (QED) is 0.473. The van der Waals surface area contributed by atoms with Crippen LogP contribution >= 0.6 is 0 Å². The monoisotopic (exact) mass is 343 g/mol. The third kappa shape index (κ3) is 3.00. The Balaban J connectivity index is 1.80. The van der Waals surface area contributed by atoms with Crippen LogP contribution in [0.25, 0.3) is 22.3 Å². The molecule has 3 N–H and O–H groups in total. The fraction of sp³-hybridized carbons (Fsp3) is 0.0500. The Morgan fingerprint density at radius 1 is 1.04 bits per heavy atom. The average molecular weight is 343 g/mol. The molecule has 0 radical (unpaired) electrons. The van der Waals surface area contributed by atoms with Gasteiger partial charge in [0.1, 0.15) is 5.65 Å². The van der Waals surface area contributed by atoms with Crippen molar-refractivity contribution in [3.05, 3.63) is 66.6 Å². The second-order valence-corrected chi connectivity index (χ2v) is 5.95. The van der Waals surface area contributed by atoms with Crippen LogP contribution in [0.4, 0.5) is 17.1 Å². The van der Waals surface area contributed by atoms with Gasteiger partial charge in [-0.1, -0.05) is 6.07 Å². The maximum Gasteiger partial charge on any atom is 0.211 e. The molecule has 3 aromatic heterocycles. The molecule has 0 unspecified atom stereocenters. The number of carbonyl (C=O) groups excluding carboxylic acids is 1. The zero-order valence-electron chi connectivity index (χ0n) is 14.2. The molecule has 0 aliphatic rings. The van der Waals surface area contributed by atoms with Crippen LogP contribution in [0.3, 0.4) is 0 Å². The number of aromatic nitrogens is 3. The number of pyridine rings is 2. The number of amides is 1. The van der Waals surface area contributed by atoms with Crippen LogP contribution in [-0.2, 0) is 4.79 Å². The van der Waals surface area contributed by atoms with Gasteiger partial charge < -0.3 is 15.6 Å². The van der Waals surface area contributed by atoms with E-state index in [2.05, 4.69) is 20.6 Å². The lowest BCUT2D eigenvalue weighted by molar-refractivity contribution is -0.105. The highest BCUT2D eigenvalue weighted by Crippen LogP contribution is 2.31. The van der Waals surface area contributed by atoms with Crippen LogP contribution in [0.15, 0.2) is 61.1 Å². The smallest absolute Gasteiger partial charge is 0.211 e. The summed E-state index contributed by atoms with van der Waals surface area (Å²) in [6.07, 6.45) is 6.05. The summed E-state index contributed by atoms with van der Waals surface area (Å²) in [5.41, 5.74) is 6.33. The molecule has 26 heavy (non-hydrogen) atoms. The number of hydrogen-bond acceptors (Lipinski definition) is 4. The van der Waals surface area contributed by atoms with Crippen LogP contribution in [-0.4, -0.2) is 21.4 Å². The second-order valence-electron chi connectivity index (χ2n) is 5.95. The predicted octanol–water partition coefficient (Wildman–Crippen LogP) is 4.25. The largest absolute Gasteiger partial charge is 0.355 e. The Bertz CT molecular complexity index is 1070. The van der Waals surface area contributed by atoms with E-state index in [0.29, 0.717) is 6.41 Å². The minimum atomic E-state index is 0.673. The molecule has 0 saturated carbocycles. The summed E-state index contributed by atoms with van der Waals surface area (Å²) in [5, 5.41) is 7.16. The fourth-order valence-electron chi connectivity index (χ4n) is 2.87. The van der Waals surface area contributed by atoms with E-state index in [1.54, 1.807) is 12.4 Å². The van der Waals surface area contributed by atoms with Gasteiger partial charge in [-0.05, 0) is 48.9 Å². The van der Waals surface area contributed by atoms with Crippen LogP contribution < -0.4 is 10.6 Å². The van der Waals surface area contributed by atoms with E-state index in [-0.39, 0.29) is 0 Å². The molecular formula is C20H17N5O. The Morgan fingerprint density at radius 3 is 2.69 bits per heavy atom. The maximum absolute atomic E-state index is 10.7. The molecule has 6 heteroatoms. The van der Waals surface area contributed by atoms with Crippen molar-refractivity contribution >= 4 is 34.5 Å². The number of nitrogens with one attached hydrogen (secondary N) is 3. The molecule has 128 valence electrons. The summed E-state index contributed by atoms with van der Waals surface area (Å²) >= 11 is 0. The molecule has 4 rings (SSSR count). The normalized spacial score (nSPS) is 10.7. The van der Waals surface area contributed by atoms with E-state index in [1.165, 1.54) is 0 Å². The molecule has 0 fully saturated rings. The number of hydrogen-bond donors (Lipinski definition) is 3. The van der Waals surface area contributed by atoms with Gasteiger partial charge in [0.05, 0.1) is 11.4 Å². The number of rotatable bonds is 5. The van der Waals surface area contributed by atoms with Crippen LogP contribution in [0.1, 0.15) is 5.56 Å². The van der Waals surface area contributed by atoms with Crippen LogP contribution in [0, 0.1) is 6.92 Å².